The normalized spacial score (nSPS) is 11.3. The molecule has 0 N–H and O–H groups in total. The number of rotatable bonds is 18. The molecule has 0 atom stereocenters. The number of unbranched alkanes of at least 4 members (excludes halogenated alkanes) is 2. The van der Waals surface area contributed by atoms with Crippen LogP contribution in [-0.4, -0.2) is 54.4 Å². The number of imidazole rings is 1. The van der Waals surface area contributed by atoms with Crippen LogP contribution in [0.5, 0.6) is 28.7 Å². The van der Waals surface area contributed by atoms with E-state index in [0.717, 1.165) is 109 Å². The van der Waals surface area contributed by atoms with Crippen molar-refractivity contribution in [1.82, 2.24) is 14.5 Å². The van der Waals surface area contributed by atoms with Crippen molar-refractivity contribution in [2.75, 3.05) is 40.0 Å². The first kappa shape index (κ1) is 31.2. The maximum atomic E-state index is 6.40. The molecule has 0 aliphatic rings. The van der Waals surface area contributed by atoms with E-state index >= 15 is 0 Å². The summed E-state index contributed by atoms with van der Waals surface area (Å²) in [7, 11) is 1.66. The molecule has 7 heteroatoms. The number of methoxy groups -OCH3 is 1. The standard InChI is InChI=1S/C35H47N3O4/c1-6-10-22-38-32-25-31(40-23-11-7-2)26-33(41-24-12-21-37(8-3)9-4)34(32)36-35(38)27-13-15-29(16-14-27)42-30-19-17-28(39-5)18-20-30/h13-20,25-26H,6-12,21-24H2,1-5H3. The van der Waals surface area contributed by atoms with Crippen molar-refractivity contribution >= 4 is 11.0 Å². The fraction of sp³-hybridized carbons (Fsp3) is 0.457. The minimum atomic E-state index is 0.637. The molecule has 0 fully saturated rings. The molecule has 4 aromatic rings. The molecule has 4 rings (SSSR count). The van der Waals surface area contributed by atoms with Gasteiger partial charge in [0.05, 0.1) is 25.8 Å². The van der Waals surface area contributed by atoms with Gasteiger partial charge in [0.2, 0.25) is 0 Å². The Bertz CT molecular complexity index is 1360. The summed E-state index contributed by atoms with van der Waals surface area (Å²) >= 11 is 0. The molecular formula is C35H47N3O4. The Morgan fingerprint density at radius 3 is 2.00 bits per heavy atom. The highest BCUT2D eigenvalue weighted by molar-refractivity contribution is 5.87. The molecule has 0 amide bonds. The third kappa shape index (κ3) is 8.19. The van der Waals surface area contributed by atoms with Crippen LogP contribution < -0.4 is 18.9 Å². The van der Waals surface area contributed by atoms with Crippen LogP contribution in [-0.2, 0) is 6.54 Å². The minimum Gasteiger partial charge on any atom is -0.497 e. The summed E-state index contributed by atoms with van der Waals surface area (Å²) in [5.41, 5.74) is 2.96. The number of fused-ring (bicyclic) bond motifs is 1. The highest BCUT2D eigenvalue weighted by Gasteiger charge is 2.18. The highest BCUT2D eigenvalue weighted by atomic mass is 16.5. The maximum Gasteiger partial charge on any atom is 0.150 e. The van der Waals surface area contributed by atoms with Gasteiger partial charge in [-0.15, -0.1) is 0 Å². The van der Waals surface area contributed by atoms with Gasteiger partial charge in [-0.2, -0.15) is 0 Å². The van der Waals surface area contributed by atoms with Gasteiger partial charge in [-0.25, -0.2) is 4.98 Å². The van der Waals surface area contributed by atoms with Gasteiger partial charge in [-0.05, 0) is 80.9 Å². The molecule has 42 heavy (non-hydrogen) atoms. The summed E-state index contributed by atoms with van der Waals surface area (Å²) < 4.78 is 26.2. The first-order chi connectivity index (χ1) is 20.6. The zero-order chi connectivity index (χ0) is 29.7. The minimum absolute atomic E-state index is 0.637. The van der Waals surface area contributed by atoms with Gasteiger partial charge in [0, 0.05) is 30.8 Å². The number of benzene rings is 3. The van der Waals surface area contributed by atoms with E-state index in [4.69, 9.17) is 23.9 Å². The fourth-order valence-corrected chi connectivity index (χ4v) is 4.92. The van der Waals surface area contributed by atoms with Crippen LogP contribution in [0.15, 0.2) is 60.7 Å². The Hall–Kier alpha value is -3.71. The molecule has 0 spiro atoms. The van der Waals surface area contributed by atoms with E-state index in [1.807, 2.05) is 42.5 Å². The van der Waals surface area contributed by atoms with Gasteiger partial charge in [-0.3, -0.25) is 0 Å². The number of nitrogens with zero attached hydrogens (tertiary/aromatic N) is 3. The smallest absolute Gasteiger partial charge is 0.150 e. The first-order valence-electron chi connectivity index (χ1n) is 15.5. The molecule has 3 aromatic carbocycles. The summed E-state index contributed by atoms with van der Waals surface area (Å²) in [4.78, 5) is 7.59. The SMILES string of the molecule is CCCCOc1cc(OCCCN(CC)CC)c2nc(-c3ccc(Oc4ccc(OC)cc4)cc3)n(CCCC)c2c1. The largest absolute Gasteiger partial charge is 0.497 e. The van der Waals surface area contributed by atoms with E-state index in [0.29, 0.717) is 13.2 Å². The predicted octanol–water partition coefficient (Wildman–Crippen LogP) is 8.59. The van der Waals surface area contributed by atoms with Crippen LogP contribution in [0.2, 0.25) is 0 Å². The van der Waals surface area contributed by atoms with E-state index in [2.05, 4.69) is 55.4 Å². The van der Waals surface area contributed by atoms with Crippen LogP contribution >= 0.6 is 0 Å². The number of ether oxygens (including phenoxy) is 4. The van der Waals surface area contributed by atoms with Crippen molar-refractivity contribution in [2.24, 2.45) is 0 Å². The summed E-state index contributed by atoms with van der Waals surface area (Å²) in [6.45, 7) is 14.1. The molecule has 0 unspecified atom stereocenters. The van der Waals surface area contributed by atoms with Crippen molar-refractivity contribution in [3.05, 3.63) is 60.7 Å². The molecule has 0 radical (unpaired) electrons. The van der Waals surface area contributed by atoms with Gasteiger partial charge in [0.25, 0.3) is 0 Å². The van der Waals surface area contributed by atoms with Gasteiger partial charge in [0.15, 0.2) is 5.75 Å². The Kier molecular flexibility index (Phi) is 11.9. The molecule has 0 saturated heterocycles. The van der Waals surface area contributed by atoms with Gasteiger partial charge < -0.3 is 28.4 Å². The fourth-order valence-electron chi connectivity index (χ4n) is 4.92. The van der Waals surface area contributed by atoms with E-state index < -0.39 is 0 Å². The molecule has 1 heterocycles. The van der Waals surface area contributed by atoms with Crippen molar-refractivity contribution in [1.29, 1.82) is 0 Å². The molecule has 0 aliphatic carbocycles. The molecular weight excluding hydrogens is 526 g/mol. The molecule has 226 valence electrons. The molecule has 7 nitrogen and oxygen atoms in total. The zero-order valence-electron chi connectivity index (χ0n) is 26.0. The lowest BCUT2D eigenvalue weighted by Crippen LogP contribution is -2.25. The second kappa shape index (κ2) is 16.1. The van der Waals surface area contributed by atoms with Gasteiger partial charge >= 0.3 is 0 Å². The van der Waals surface area contributed by atoms with Crippen LogP contribution in [0.4, 0.5) is 0 Å². The Labute approximate surface area is 251 Å². The summed E-state index contributed by atoms with van der Waals surface area (Å²) in [5.74, 6) is 4.88. The second-order valence-electron chi connectivity index (χ2n) is 10.5. The molecule has 1 aromatic heterocycles. The molecule has 0 aliphatic heterocycles. The first-order valence-corrected chi connectivity index (χ1v) is 15.5. The van der Waals surface area contributed by atoms with Crippen molar-refractivity contribution < 1.29 is 18.9 Å². The predicted molar refractivity (Wildman–Crippen MR) is 171 cm³/mol. The quantitative estimate of drug-likeness (QED) is 0.111. The van der Waals surface area contributed by atoms with E-state index in [9.17, 15) is 0 Å². The van der Waals surface area contributed by atoms with Gasteiger partial charge in [0.1, 0.15) is 34.3 Å². The zero-order valence-corrected chi connectivity index (χ0v) is 26.0. The van der Waals surface area contributed by atoms with Crippen LogP contribution in [0.25, 0.3) is 22.4 Å². The number of aryl methyl sites for hydroxylation is 1. The molecule has 0 saturated carbocycles. The Morgan fingerprint density at radius 1 is 0.714 bits per heavy atom. The second-order valence-corrected chi connectivity index (χ2v) is 10.5. The monoisotopic (exact) mass is 573 g/mol. The third-order valence-corrected chi connectivity index (χ3v) is 7.47. The van der Waals surface area contributed by atoms with E-state index in [1.165, 1.54) is 0 Å². The Morgan fingerprint density at radius 2 is 1.36 bits per heavy atom. The van der Waals surface area contributed by atoms with Crippen molar-refractivity contribution in [2.45, 2.75) is 66.3 Å². The van der Waals surface area contributed by atoms with Crippen molar-refractivity contribution in [3.63, 3.8) is 0 Å². The van der Waals surface area contributed by atoms with Crippen LogP contribution in [0.3, 0.4) is 0 Å². The lowest BCUT2D eigenvalue weighted by molar-refractivity contribution is 0.249. The highest BCUT2D eigenvalue weighted by Crippen LogP contribution is 2.36. The lowest BCUT2D eigenvalue weighted by Gasteiger charge is -2.18. The van der Waals surface area contributed by atoms with Gasteiger partial charge in [-0.1, -0.05) is 40.5 Å². The maximum absolute atomic E-state index is 6.40. The van der Waals surface area contributed by atoms with E-state index in [1.54, 1.807) is 7.11 Å². The topological polar surface area (TPSA) is 58.0 Å². The third-order valence-electron chi connectivity index (χ3n) is 7.47. The average molecular weight is 574 g/mol. The Balaban J connectivity index is 1.64. The van der Waals surface area contributed by atoms with Crippen LogP contribution in [0, 0.1) is 0 Å². The number of aromatic nitrogens is 2. The summed E-state index contributed by atoms with van der Waals surface area (Å²) in [5, 5.41) is 0. The average Bonchev–Trinajstić information content (AvgIpc) is 3.39. The lowest BCUT2D eigenvalue weighted by atomic mass is 10.2. The summed E-state index contributed by atoms with van der Waals surface area (Å²) in [6, 6.07) is 19.9. The molecule has 0 bridgehead atoms. The number of hydrogen-bond donors (Lipinski definition) is 0. The summed E-state index contributed by atoms with van der Waals surface area (Å²) in [6.07, 6.45) is 5.22. The van der Waals surface area contributed by atoms with Crippen LogP contribution in [0.1, 0.15) is 59.8 Å². The van der Waals surface area contributed by atoms with E-state index in [-0.39, 0.29) is 0 Å². The van der Waals surface area contributed by atoms with Crippen molar-refractivity contribution in [3.8, 4) is 40.1 Å². The number of hydrogen-bond acceptors (Lipinski definition) is 6.